The fraction of sp³-hybridized carbons (Fsp3) is 0.200. The maximum Gasteiger partial charge on any atom is 0.122 e. The fourth-order valence-electron chi connectivity index (χ4n) is 1.73. The van der Waals surface area contributed by atoms with Crippen LogP contribution < -0.4 is 4.74 Å². The molecule has 2 aromatic carbocycles. The van der Waals surface area contributed by atoms with Gasteiger partial charge in [0, 0.05) is 15.6 Å². The Morgan fingerprint density at radius 3 is 2.50 bits per heavy atom. The number of halogens is 2. The van der Waals surface area contributed by atoms with Crippen LogP contribution in [0.3, 0.4) is 0 Å². The van der Waals surface area contributed by atoms with Crippen LogP contribution in [0.4, 0.5) is 0 Å². The van der Waals surface area contributed by atoms with Gasteiger partial charge in [-0.1, -0.05) is 54.4 Å². The Labute approximate surface area is 117 Å². The van der Waals surface area contributed by atoms with Gasteiger partial charge in [-0.2, -0.15) is 0 Å². The van der Waals surface area contributed by atoms with E-state index < -0.39 is 0 Å². The average Bonchev–Trinajstić information content (AvgIpc) is 2.38. The van der Waals surface area contributed by atoms with Crippen LogP contribution >= 0.6 is 23.2 Å². The minimum Gasteiger partial charge on any atom is -0.489 e. The van der Waals surface area contributed by atoms with Crippen LogP contribution in [0, 0.1) is 0 Å². The number of hydrogen-bond acceptors (Lipinski definition) is 1. The van der Waals surface area contributed by atoms with Gasteiger partial charge < -0.3 is 4.74 Å². The Hall–Kier alpha value is -1.18. The molecule has 0 bridgehead atoms. The van der Waals surface area contributed by atoms with Crippen LogP contribution in [0.2, 0.25) is 10.0 Å². The SMILES string of the molecule is CCc1ccccc1OCc1ccc(Cl)cc1Cl. The van der Waals surface area contributed by atoms with E-state index in [4.69, 9.17) is 27.9 Å². The van der Waals surface area contributed by atoms with Crippen molar-refractivity contribution in [2.75, 3.05) is 0 Å². The predicted molar refractivity (Wildman–Crippen MR) is 76.6 cm³/mol. The van der Waals surface area contributed by atoms with Crippen LogP contribution in [-0.4, -0.2) is 0 Å². The molecular formula is C15H14Cl2O. The lowest BCUT2D eigenvalue weighted by Crippen LogP contribution is -1.98. The van der Waals surface area contributed by atoms with E-state index in [9.17, 15) is 0 Å². The highest BCUT2D eigenvalue weighted by molar-refractivity contribution is 6.35. The zero-order valence-corrected chi connectivity index (χ0v) is 11.6. The van der Waals surface area contributed by atoms with Gasteiger partial charge in [-0.15, -0.1) is 0 Å². The third kappa shape index (κ3) is 3.18. The van der Waals surface area contributed by atoms with Gasteiger partial charge in [-0.05, 0) is 30.2 Å². The molecule has 0 fully saturated rings. The Balaban J connectivity index is 2.11. The summed E-state index contributed by atoms with van der Waals surface area (Å²) in [5.41, 5.74) is 2.13. The minimum absolute atomic E-state index is 0.451. The molecule has 0 aliphatic carbocycles. The van der Waals surface area contributed by atoms with E-state index in [0.717, 1.165) is 17.7 Å². The van der Waals surface area contributed by atoms with Gasteiger partial charge in [0.2, 0.25) is 0 Å². The molecule has 0 radical (unpaired) electrons. The number of aryl methyl sites for hydroxylation is 1. The molecule has 0 aromatic heterocycles. The molecule has 0 spiro atoms. The molecule has 2 aromatic rings. The highest BCUT2D eigenvalue weighted by Crippen LogP contribution is 2.24. The zero-order chi connectivity index (χ0) is 13.0. The first-order valence-corrected chi connectivity index (χ1v) is 6.61. The smallest absolute Gasteiger partial charge is 0.122 e. The van der Waals surface area contributed by atoms with Gasteiger partial charge in [0.05, 0.1) is 0 Å². The van der Waals surface area contributed by atoms with Crippen molar-refractivity contribution in [2.24, 2.45) is 0 Å². The van der Waals surface area contributed by atoms with Crippen LogP contribution in [0.1, 0.15) is 18.1 Å². The lowest BCUT2D eigenvalue weighted by Gasteiger charge is -2.11. The first-order chi connectivity index (χ1) is 8.70. The molecule has 18 heavy (non-hydrogen) atoms. The summed E-state index contributed by atoms with van der Waals surface area (Å²) in [5, 5.41) is 1.27. The number of ether oxygens (including phenoxy) is 1. The Kier molecular flexibility index (Phi) is 4.51. The lowest BCUT2D eigenvalue weighted by molar-refractivity contribution is 0.303. The maximum atomic E-state index is 6.10. The molecule has 0 amide bonds. The minimum atomic E-state index is 0.451. The second-order valence-electron chi connectivity index (χ2n) is 3.99. The summed E-state index contributed by atoms with van der Waals surface area (Å²) in [7, 11) is 0. The van der Waals surface area contributed by atoms with Crippen molar-refractivity contribution in [1.82, 2.24) is 0 Å². The molecular weight excluding hydrogens is 267 g/mol. The zero-order valence-electron chi connectivity index (χ0n) is 10.1. The summed E-state index contributed by atoms with van der Waals surface area (Å²) in [6.07, 6.45) is 0.949. The van der Waals surface area contributed by atoms with Gasteiger partial charge in [0.25, 0.3) is 0 Å². The maximum absolute atomic E-state index is 6.10. The van der Waals surface area contributed by atoms with Crippen molar-refractivity contribution in [2.45, 2.75) is 20.0 Å². The molecule has 3 heteroatoms. The first kappa shape index (κ1) is 13.3. The molecule has 0 aliphatic rings. The van der Waals surface area contributed by atoms with E-state index in [-0.39, 0.29) is 0 Å². The Morgan fingerprint density at radius 2 is 1.78 bits per heavy atom. The molecule has 0 atom stereocenters. The topological polar surface area (TPSA) is 9.23 Å². The van der Waals surface area contributed by atoms with Crippen LogP contribution in [0.5, 0.6) is 5.75 Å². The number of benzene rings is 2. The molecule has 0 saturated carbocycles. The van der Waals surface area contributed by atoms with E-state index in [2.05, 4.69) is 13.0 Å². The third-order valence-corrected chi connectivity index (χ3v) is 3.34. The summed E-state index contributed by atoms with van der Waals surface area (Å²) in [6.45, 7) is 2.56. The quantitative estimate of drug-likeness (QED) is 0.754. The van der Waals surface area contributed by atoms with Crippen LogP contribution in [-0.2, 0) is 13.0 Å². The molecule has 0 saturated heterocycles. The number of para-hydroxylation sites is 1. The highest BCUT2D eigenvalue weighted by atomic mass is 35.5. The van der Waals surface area contributed by atoms with E-state index in [0.29, 0.717) is 16.7 Å². The summed E-state index contributed by atoms with van der Waals surface area (Å²) in [6, 6.07) is 13.5. The number of hydrogen-bond donors (Lipinski definition) is 0. The van der Waals surface area contributed by atoms with E-state index >= 15 is 0 Å². The molecule has 0 N–H and O–H groups in total. The van der Waals surface area contributed by atoms with Crippen molar-refractivity contribution < 1.29 is 4.74 Å². The summed E-state index contributed by atoms with van der Waals surface area (Å²) >= 11 is 12.0. The summed E-state index contributed by atoms with van der Waals surface area (Å²) < 4.78 is 5.81. The molecule has 94 valence electrons. The molecule has 2 rings (SSSR count). The molecule has 0 heterocycles. The van der Waals surface area contributed by atoms with Crippen molar-refractivity contribution in [3.8, 4) is 5.75 Å². The first-order valence-electron chi connectivity index (χ1n) is 5.85. The van der Waals surface area contributed by atoms with Gasteiger partial charge in [-0.3, -0.25) is 0 Å². The second kappa shape index (κ2) is 6.12. The molecule has 0 unspecified atom stereocenters. The normalized spacial score (nSPS) is 10.4. The number of rotatable bonds is 4. The van der Waals surface area contributed by atoms with Crippen LogP contribution in [0.15, 0.2) is 42.5 Å². The monoisotopic (exact) mass is 280 g/mol. The van der Waals surface area contributed by atoms with E-state index in [1.807, 2.05) is 30.3 Å². The van der Waals surface area contributed by atoms with Crippen molar-refractivity contribution >= 4 is 23.2 Å². The van der Waals surface area contributed by atoms with Gasteiger partial charge >= 0.3 is 0 Å². The van der Waals surface area contributed by atoms with Gasteiger partial charge in [0.1, 0.15) is 12.4 Å². The van der Waals surface area contributed by atoms with E-state index in [1.165, 1.54) is 5.56 Å². The van der Waals surface area contributed by atoms with Gasteiger partial charge in [0.15, 0.2) is 0 Å². The second-order valence-corrected chi connectivity index (χ2v) is 4.83. The summed E-state index contributed by atoms with van der Waals surface area (Å²) in [4.78, 5) is 0. The summed E-state index contributed by atoms with van der Waals surface area (Å²) in [5.74, 6) is 0.908. The largest absolute Gasteiger partial charge is 0.489 e. The third-order valence-electron chi connectivity index (χ3n) is 2.75. The fourth-order valence-corrected chi connectivity index (χ4v) is 2.19. The van der Waals surface area contributed by atoms with Crippen molar-refractivity contribution in [3.63, 3.8) is 0 Å². The average molecular weight is 281 g/mol. The highest BCUT2D eigenvalue weighted by Gasteiger charge is 2.04. The Bertz CT molecular complexity index is 538. The molecule has 0 aliphatic heterocycles. The van der Waals surface area contributed by atoms with Crippen molar-refractivity contribution in [1.29, 1.82) is 0 Å². The molecule has 1 nitrogen and oxygen atoms in total. The van der Waals surface area contributed by atoms with Crippen LogP contribution in [0.25, 0.3) is 0 Å². The lowest BCUT2D eigenvalue weighted by atomic mass is 10.1. The van der Waals surface area contributed by atoms with Gasteiger partial charge in [-0.25, -0.2) is 0 Å². The van der Waals surface area contributed by atoms with E-state index in [1.54, 1.807) is 6.07 Å². The van der Waals surface area contributed by atoms with Crippen molar-refractivity contribution in [3.05, 3.63) is 63.6 Å². The standard InChI is InChI=1S/C15H14Cl2O/c1-2-11-5-3-4-6-15(11)18-10-12-7-8-13(16)9-14(12)17/h3-9H,2,10H2,1H3. The predicted octanol–water partition coefficient (Wildman–Crippen LogP) is 5.13. The Morgan fingerprint density at radius 1 is 1.00 bits per heavy atom.